The normalized spacial score (nSPS) is 10.7. The van der Waals surface area contributed by atoms with Gasteiger partial charge in [-0.05, 0) is 17.7 Å². The van der Waals surface area contributed by atoms with Gasteiger partial charge in [-0.3, -0.25) is 10.1 Å². The minimum absolute atomic E-state index is 0.267. The number of nitro groups is 1. The molecule has 2 aromatic carbocycles. The van der Waals surface area contributed by atoms with Crippen LogP contribution in [0.2, 0.25) is 0 Å². The highest BCUT2D eigenvalue weighted by atomic mass is 19.1. The summed E-state index contributed by atoms with van der Waals surface area (Å²) in [5, 5.41) is 14.8. The molecule has 0 spiro atoms. The number of nitrogens with one attached hydrogen (secondary N) is 2. The number of non-ortho nitro benzene ring substituents is 1. The fourth-order valence-corrected chi connectivity index (χ4v) is 2.26. The van der Waals surface area contributed by atoms with Gasteiger partial charge in [0, 0.05) is 35.4 Å². The third-order valence-corrected chi connectivity index (χ3v) is 3.25. The minimum Gasteiger partial charge on any atom is -0.381 e. The number of aromatic nitrogens is 1. The van der Waals surface area contributed by atoms with Crippen LogP contribution in [0.4, 0.5) is 15.8 Å². The van der Waals surface area contributed by atoms with E-state index < -0.39 is 10.7 Å². The maximum atomic E-state index is 13.4. The fraction of sp³-hybridized carbons (Fsp3) is 0.0667. The van der Waals surface area contributed by atoms with E-state index in [0.717, 1.165) is 22.5 Å². The summed E-state index contributed by atoms with van der Waals surface area (Å²) in [6.45, 7) is 0.449. The zero-order valence-electron chi connectivity index (χ0n) is 11.0. The average molecular weight is 285 g/mol. The van der Waals surface area contributed by atoms with Gasteiger partial charge < -0.3 is 10.3 Å². The Kier molecular flexibility index (Phi) is 3.27. The molecule has 6 heteroatoms. The highest BCUT2D eigenvalue weighted by Gasteiger charge is 2.10. The molecule has 5 nitrogen and oxygen atoms in total. The van der Waals surface area contributed by atoms with Crippen LogP contribution in [0.3, 0.4) is 0 Å². The Hall–Kier alpha value is -2.89. The summed E-state index contributed by atoms with van der Waals surface area (Å²) in [5.41, 5.74) is 2.14. The molecule has 1 heterocycles. The summed E-state index contributed by atoms with van der Waals surface area (Å²) in [6.07, 6.45) is 1.87. The Morgan fingerprint density at radius 3 is 2.86 bits per heavy atom. The molecule has 2 N–H and O–H groups in total. The lowest BCUT2D eigenvalue weighted by Crippen LogP contribution is -2.00. The first-order valence-electron chi connectivity index (χ1n) is 6.37. The summed E-state index contributed by atoms with van der Waals surface area (Å²) in [5.74, 6) is -0.634. The van der Waals surface area contributed by atoms with Crippen LogP contribution in [-0.4, -0.2) is 9.91 Å². The molecule has 0 aliphatic rings. The molecule has 0 radical (unpaired) electrons. The van der Waals surface area contributed by atoms with E-state index in [1.165, 1.54) is 12.1 Å². The van der Waals surface area contributed by atoms with Crippen LogP contribution < -0.4 is 5.32 Å². The molecule has 0 amide bonds. The summed E-state index contributed by atoms with van der Waals surface area (Å²) in [7, 11) is 0. The average Bonchev–Trinajstić information content (AvgIpc) is 2.88. The van der Waals surface area contributed by atoms with Gasteiger partial charge in [-0.15, -0.1) is 0 Å². The molecule has 0 aliphatic carbocycles. The van der Waals surface area contributed by atoms with Crippen molar-refractivity contribution in [2.45, 2.75) is 6.54 Å². The standard InChI is InChI=1S/C15H12FN3O2/c16-11-5-12(7-13(6-11)19(20)21)17-8-10-9-18-15-4-2-1-3-14(10)15/h1-7,9,17-18H,8H2. The highest BCUT2D eigenvalue weighted by molar-refractivity contribution is 5.83. The van der Waals surface area contributed by atoms with Crippen molar-refractivity contribution in [2.75, 3.05) is 5.32 Å². The summed E-state index contributed by atoms with van der Waals surface area (Å²) < 4.78 is 13.4. The second kappa shape index (κ2) is 5.24. The number of benzene rings is 2. The first kappa shape index (κ1) is 13.1. The Morgan fingerprint density at radius 1 is 1.24 bits per heavy atom. The molecule has 0 saturated carbocycles. The first-order valence-corrected chi connectivity index (χ1v) is 6.37. The smallest absolute Gasteiger partial charge is 0.274 e. The maximum absolute atomic E-state index is 13.4. The van der Waals surface area contributed by atoms with E-state index in [-0.39, 0.29) is 5.69 Å². The second-order valence-corrected chi connectivity index (χ2v) is 4.67. The van der Waals surface area contributed by atoms with Gasteiger partial charge in [-0.1, -0.05) is 18.2 Å². The number of H-pyrrole nitrogens is 1. The lowest BCUT2D eigenvalue weighted by atomic mass is 10.1. The van der Waals surface area contributed by atoms with Crippen molar-refractivity contribution >= 4 is 22.3 Å². The predicted octanol–water partition coefficient (Wildman–Crippen LogP) is 3.83. The number of nitro benzene ring substituents is 1. The van der Waals surface area contributed by atoms with Crippen LogP contribution in [0.15, 0.2) is 48.7 Å². The molecule has 0 saturated heterocycles. The molecule has 0 atom stereocenters. The van der Waals surface area contributed by atoms with E-state index in [0.29, 0.717) is 12.2 Å². The van der Waals surface area contributed by atoms with Crippen molar-refractivity contribution in [1.82, 2.24) is 4.98 Å². The molecule has 0 fully saturated rings. The second-order valence-electron chi connectivity index (χ2n) is 4.67. The number of nitrogens with zero attached hydrogens (tertiary/aromatic N) is 1. The van der Waals surface area contributed by atoms with Gasteiger partial charge in [0.05, 0.1) is 11.0 Å². The molecule has 21 heavy (non-hydrogen) atoms. The van der Waals surface area contributed by atoms with Gasteiger partial charge in [-0.2, -0.15) is 0 Å². The van der Waals surface area contributed by atoms with Crippen molar-refractivity contribution in [1.29, 1.82) is 0 Å². The zero-order chi connectivity index (χ0) is 14.8. The number of rotatable bonds is 4. The van der Waals surface area contributed by atoms with Gasteiger partial charge in [-0.25, -0.2) is 4.39 Å². The van der Waals surface area contributed by atoms with Crippen molar-refractivity contribution in [2.24, 2.45) is 0 Å². The summed E-state index contributed by atoms with van der Waals surface area (Å²) in [4.78, 5) is 13.3. The number of aromatic amines is 1. The largest absolute Gasteiger partial charge is 0.381 e. The number of anilines is 1. The third kappa shape index (κ3) is 2.69. The van der Waals surface area contributed by atoms with Crippen molar-refractivity contribution in [3.63, 3.8) is 0 Å². The van der Waals surface area contributed by atoms with Crippen LogP contribution in [-0.2, 0) is 6.54 Å². The Labute approximate surface area is 119 Å². The van der Waals surface area contributed by atoms with E-state index in [2.05, 4.69) is 10.3 Å². The molecule has 3 rings (SSSR count). The van der Waals surface area contributed by atoms with Crippen LogP contribution in [0.25, 0.3) is 10.9 Å². The van der Waals surface area contributed by atoms with Crippen LogP contribution in [0.5, 0.6) is 0 Å². The summed E-state index contributed by atoms with van der Waals surface area (Å²) in [6, 6.07) is 11.3. The molecule has 0 unspecified atom stereocenters. The lowest BCUT2D eigenvalue weighted by Gasteiger charge is -2.06. The molecule has 1 aromatic heterocycles. The number of para-hydroxylation sites is 1. The predicted molar refractivity (Wildman–Crippen MR) is 78.7 cm³/mol. The topological polar surface area (TPSA) is 71.0 Å². The van der Waals surface area contributed by atoms with Gasteiger partial charge in [0.1, 0.15) is 5.82 Å². The van der Waals surface area contributed by atoms with Crippen LogP contribution in [0.1, 0.15) is 5.56 Å². The Balaban J connectivity index is 1.83. The fourth-order valence-electron chi connectivity index (χ4n) is 2.26. The van der Waals surface area contributed by atoms with E-state index in [9.17, 15) is 14.5 Å². The molecule has 3 aromatic rings. The summed E-state index contributed by atoms with van der Waals surface area (Å²) >= 11 is 0. The van der Waals surface area contributed by atoms with Gasteiger partial charge in [0.2, 0.25) is 0 Å². The quantitative estimate of drug-likeness (QED) is 0.565. The van der Waals surface area contributed by atoms with Crippen molar-refractivity contribution < 1.29 is 9.31 Å². The number of fused-ring (bicyclic) bond motifs is 1. The number of hydrogen-bond acceptors (Lipinski definition) is 3. The molecular weight excluding hydrogens is 273 g/mol. The van der Waals surface area contributed by atoms with E-state index in [1.54, 1.807) is 0 Å². The molecule has 0 aliphatic heterocycles. The zero-order valence-corrected chi connectivity index (χ0v) is 11.0. The number of halogens is 1. The monoisotopic (exact) mass is 285 g/mol. The first-order chi connectivity index (χ1) is 10.1. The van der Waals surface area contributed by atoms with Gasteiger partial charge in [0.25, 0.3) is 5.69 Å². The number of hydrogen-bond donors (Lipinski definition) is 2. The molecule has 0 bridgehead atoms. The SMILES string of the molecule is O=[N+]([O-])c1cc(F)cc(NCc2c[nH]c3ccccc23)c1. The molecular formula is C15H12FN3O2. The third-order valence-electron chi connectivity index (χ3n) is 3.25. The van der Waals surface area contributed by atoms with E-state index in [4.69, 9.17) is 0 Å². The van der Waals surface area contributed by atoms with E-state index >= 15 is 0 Å². The Bertz CT molecular complexity index is 814. The maximum Gasteiger partial charge on any atom is 0.274 e. The van der Waals surface area contributed by atoms with Gasteiger partial charge >= 0.3 is 0 Å². The van der Waals surface area contributed by atoms with Crippen molar-refractivity contribution in [3.05, 3.63) is 70.2 Å². The Morgan fingerprint density at radius 2 is 2.05 bits per heavy atom. The van der Waals surface area contributed by atoms with Gasteiger partial charge in [0.15, 0.2) is 0 Å². The van der Waals surface area contributed by atoms with Crippen molar-refractivity contribution in [3.8, 4) is 0 Å². The van der Waals surface area contributed by atoms with E-state index in [1.807, 2.05) is 30.5 Å². The van der Waals surface area contributed by atoms with Crippen LogP contribution >= 0.6 is 0 Å². The highest BCUT2D eigenvalue weighted by Crippen LogP contribution is 2.22. The molecule has 106 valence electrons. The minimum atomic E-state index is -0.634. The van der Waals surface area contributed by atoms with Crippen LogP contribution in [0, 0.1) is 15.9 Å². The lowest BCUT2D eigenvalue weighted by molar-refractivity contribution is -0.385.